The summed E-state index contributed by atoms with van der Waals surface area (Å²) in [5, 5.41) is 10.9. The van der Waals surface area contributed by atoms with E-state index in [1.54, 1.807) is 6.92 Å². The second-order valence-electron chi connectivity index (χ2n) is 4.76. The molecule has 2 rings (SSSR count). The Morgan fingerprint density at radius 2 is 1.83 bits per heavy atom. The van der Waals surface area contributed by atoms with Gasteiger partial charge in [-0.3, -0.25) is 10.1 Å². The van der Waals surface area contributed by atoms with Crippen molar-refractivity contribution in [3.63, 3.8) is 0 Å². The lowest BCUT2D eigenvalue weighted by molar-refractivity contribution is -0.385. The Hall–Kier alpha value is -3.09. The van der Waals surface area contributed by atoms with Gasteiger partial charge >= 0.3 is 5.97 Å². The van der Waals surface area contributed by atoms with Gasteiger partial charge in [-0.15, -0.1) is 0 Å². The number of rotatable bonds is 8. The molecule has 0 heterocycles. The van der Waals surface area contributed by atoms with Crippen LogP contribution in [0.2, 0.25) is 0 Å². The summed E-state index contributed by atoms with van der Waals surface area (Å²) >= 11 is 0. The van der Waals surface area contributed by atoms with Gasteiger partial charge in [-0.05, 0) is 18.6 Å². The minimum absolute atomic E-state index is 0.124. The first-order chi connectivity index (χ1) is 11.6. The zero-order valence-electron chi connectivity index (χ0n) is 13.1. The van der Waals surface area contributed by atoms with Gasteiger partial charge in [0.05, 0.1) is 17.6 Å². The maximum atomic E-state index is 11.4. The lowest BCUT2D eigenvalue weighted by Crippen LogP contribution is -2.15. The molecular formula is C17H17NO6. The summed E-state index contributed by atoms with van der Waals surface area (Å²) in [6.07, 6.45) is 0. The second-order valence-corrected chi connectivity index (χ2v) is 4.76. The van der Waals surface area contributed by atoms with Crippen LogP contribution in [0.5, 0.6) is 11.5 Å². The molecule has 0 radical (unpaired) electrons. The van der Waals surface area contributed by atoms with Crippen molar-refractivity contribution in [3.05, 3.63) is 64.2 Å². The summed E-state index contributed by atoms with van der Waals surface area (Å²) in [7, 11) is 0. The Morgan fingerprint density at radius 1 is 1.08 bits per heavy atom. The van der Waals surface area contributed by atoms with Crippen molar-refractivity contribution in [3.8, 4) is 11.5 Å². The average molecular weight is 331 g/mol. The first-order valence-corrected chi connectivity index (χ1v) is 7.33. The molecule has 2 aromatic rings. The molecule has 0 amide bonds. The number of nitro groups is 1. The van der Waals surface area contributed by atoms with Crippen molar-refractivity contribution in [2.24, 2.45) is 0 Å². The molecule has 0 atom stereocenters. The van der Waals surface area contributed by atoms with E-state index < -0.39 is 10.9 Å². The van der Waals surface area contributed by atoms with Crippen molar-refractivity contribution < 1.29 is 23.9 Å². The van der Waals surface area contributed by atoms with Crippen molar-refractivity contribution in [1.29, 1.82) is 0 Å². The van der Waals surface area contributed by atoms with Crippen molar-refractivity contribution in [2.45, 2.75) is 13.5 Å². The van der Waals surface area contributed by atoms with Crippen LogP contribution < -0.4 is 9.47 Å². The number of ether oxygens (including phenoxy) is 3. The highest BCUT2D eigenvalue weighted by atomic mass is 16.6. The maximum Gasteiger partial charge on any atom is 0.344 e. The number of carbonyl (C=O) groups excluding carboxylic acids is 1. The number of nitrogens with zero attached hydrogens (tertiary/aromatic N) is 1. The molecular weight excluding hydrogens is 314 g/mol. The minimum atomic E-state index is -0.523. The molecule has 7 nitrogen and oxygen atoms in total. The normalized spacial score (nSPS) is 10.0. The van der Waals surface area contributed by atoms with Crippen LogP contribution >= 0.6 is 0 Å². The molecule has 0 aliphatic carbocycles. The van der Waals surface area contributed by atoms with E-state index in [1.807, 2.05) is 30.3 Å². The Balaban J connectivity index is 2.13. The standard InChI is InChI=1S/C17H17NO6/c1-2-22-17(19)12-24-15-9-8-14(18(20)21)10-16(15)23-11-13-6-4-3-5-7-13/h3-10H,2,11-12H2,1H3. The number of hydrogen-bond acceptors (Lipinski definition) is 6. The smallest absolute Gasteiger partial charge is 0.344 e. The third-order valence-electron chi connectivity index (χ3n) is 3.03. The van der Waals surface area contributed by atoms with Crippen molar-refractivity contribution >= 4 is 11.7 Å². The van der Waals surface area contributed by atoms with Crippen LogP contribution in [-0.4, -0.2) is 24.1 Å². The van der Waals surface area contributed by atoms with Crippen LogP contribution in [0.4, 0.5) is 5.69 Å². The third-order valence-corrected chi connectivity index (χ3v) is 3.03. The second kappa shape index (κ2) is 8.52. The van der Waals surface area contributed by atoms with E-state index in [9.17, 15) is 14.9 Å². The van der Waals surface area contributed by atoms with Crippen LogP contribution in [0.25, 0.3) is 0 Å². The fourth-order valence-electron chi connectivity index (χ4n) is 1.92. The fraction of sp³-hybridized carbons (Fsp3) is 0.235. The molecule has 0 saturated heterocycles. The number of carbonyl (C=O) groups is 1. The highest BCUT2D eigenvalue weighted by molar-refractivity contribution is 5.71. The molecule has 126 valence electrons. The van der Waals surface area contributed by atoms with Gasteiger partial charge in [0.1, 0.15) is 6.61 Å². The molecule has 0 aromatic heterocycles. The molecule has 0 N–H and O–H groups in total. The summed E-state index contributed by atoms with van der Waals surface area (Å²) in [5.74, 6) is -0.0909. The number of esters is 1. The molecule has 24 heavy (non-hydrogen) atoms. The molecule has 0 aliphatic rings. The van der Waals surface area contributed by atoms with Crippen LogP contribution in [0.3, 0.4) is 0 Å². The Morgan fingerprint density at radius 3 is 2.50 bits per heavy atom. The van der Waals surface area contributed by atoms with E-state index >= 15 is 0 Å². The Labute approximate surface area is 138 Å². The summed E-state index contributed by atoms with van der Waals surface area (Å²) < 4.78 is 15.8. The van der Waals surface area contributed by atoms with Gasteiger partial charge in [0.15, 0.2) is 18.1 Å². The van der Waals surface area contributed by atoms with Crippen LogP contribution in [-0.2, 0) is 16.1 Å². The predicted molar refractivity (Wildman–Crippen MR) is 86.0 cm³/mol. The van der Waals surface area contributed by atoms with Gasteiger partial charge in [-0.1, -0.05) is 30.3 Å². The van der Waals surface area contributed by atoms with E-state index in [2.05, 4.69) is 0 Å². The number of nitro benzene ring substituents is 1. The predicted octanol–water partition coefficient (Wildman–Crippen LogP) is 3.12. The molecule has 0 bridgehead atoms. The van der Waals surface area contributed by atoms with Gasteiger partial charge in [-0.25, -0.2) is 4.79 Å². The highest BCUT2D eigenvalue weighted by Gasteiger charge is 2.14. The molecule has 0 unspecified atom stereocenters. The molecule has 7 heteroatoms. The van der Waals surface area contributed by atoms with E-state index in [4.69, 9.17) is 14.2 Å². The van der Waals surface area contributed by atoms with Gasteiger partial charge in [-0.2, -0.15) is 0 Å². The maximum absolute atomic E-state index is 11.4. The Kier molecular flexibility index (Phi) is 6.13. The lowest BCUT2D eigenvalue weighted by atomic mass is 10.2. The summed E-state index contributed by atoms with van der Waals surface area (Å²) in [4.78, 5) is 21.8. The van der Waals surface area contributed by atoms with Gasteiger partial charge in [0, 0.05) is 6.07 Å². The topological polar surface area (TPSA) is 87.9 Å². The van der Waals surface area contributed by atoms with E-state index in [0.717, 1.165) is 5.56 Å². The SMILES string of the molecule is CCOC(=O)COc1ccc([N+](=O)[O-])cc1OCc1ccccc1. The average Bonchev–Trinajstić information content (AvgIpc) is 2.59. The number of benzene rings is 2. The first-order valence-electron chi connectivity index (χ1n) is 7.33. The van der Waals surface area contributed by atoms with E-state index in [-0.39, 0.29) is 37.0 Å². The van der Waals surface area contributed by atoms with Gasteiger partial charge < -0.3 is 14.2 Å². The Bertz CT molecular complexity index is 701. The molecule has 0 spiro atoms. The molecule has 0 saturated carbocycles. The van der Waals surface area contributed by atoms with Crippen molar-refractivity contribution in [1.82, 2.24) is 0 Å². The highest BCUT2D eigenvalue weighted by Crippen LogP contribution is 2.32. The lowest BCUT2D eigenvalue weighted by Gasteiger charge is -2.12. The zero-order valence-corrected chi connectivity index (χ0v) is 13.1. The fourth-order valence-corrected chi connectivity index (χ4v) is 1.92. The third kappa shape index (κ3) is 4.98. The monoisotopic (exact) mass is 331 g/mol. The largest absolute Gasteiger partial charge is 0.485 e. The molecule has 0 aliphatic heterocycles. The molecule has 0 fully saturated rings. The molecule has 2 aromatic carbocycles. The quantitative estimate of drug-likeness (QED) is 0.419. The zero-order chi connectivity index (χ0) is 17.4. The van der Waals surface area contributed by atoms with Gasteiger partial charge in [0.2, 0.25) is 0 Å². The summed E-state index contributed by atoms with van der Waals surface area (Å²) in [5.41, 5.74) is 0.780. The summed E-state index contributed by atoms with van der Waals surface area (Å²) in [6.45, 7) is 1.86. The van der Waals surface area contributed by atoms with Crippen LogP contribution in [0, 0.1) is 10.1 Å². The van der Waals surface area contributed by atoms with Crippen LogP contribution in [0.15, 0.2) is 48.5 Å². The van der Waals surface area contributed by atoms with Crippen LogP contribution in [0.1, 0.15) is 12.5 Å². The number of non-ortho nitro benzene ring substituents is 1. The van der Waals surface area contributed by atoms with Gasteiger partial charge in [0.25, 0.3) is 5.69 Å². The first kappa shape index (κ1) is 17.3. The number of hydrogen-bond donors (Lipinski definition) is 0. The summed E-state index contributed by atoms with van der Waals surface area (Å²) in [6, 6.07) is 13.3. The van der Waals surface area contributed by atoms with Crippen molar-refractivity contribution in [2.75, 3.05) is 13.2 Å². The van der Waals surface area contributed by atoms with E-state index in [1.165, 1.54) is 18.2 Å². The van der Waals surface area contributed by atoms with E-state index in [0.29, 0.717) is 0 Å². The minimum Gasteiger partial charge on any atom is -0.485 e.